The fourth-order valence-corrected chi connectivity index (χ4v) is 2.65. The van der Waals surface area contributed by atoms with Crippen LogP contribution in [0.15, 0.2) is 42.5 Å². The van der Waals surface area contributed by atoms with E-state index in [9.17, 15) is 4.79 Å². The molecule has 0 aliphatic rings. The molecule has 0 radical (unpaired) electrons. The molecule has 0 N–H and O–H groups in total. The molecule has 2 aromatic carbocycles. The largest absolute Gasteiger partial charge is 0.481 e. The number of aryl methyl sites for hydroxylation is 1. The third-order valence-electron chi connectivity index (χ3n) is 3.85. The van der Waals surface area contributed by atoms with Crippen molar-refractivity contribution in [2.45, 2.75) is 32.9 Å². The van der Waals surface area contributed by atoms with Gasteiger partial charge in [0.25, 0.3) is 0 Å². The Balaban J connectivity index is 0.000000271. The van der Waals surface area contributed by atoms with Gasteiger partial charge in [-0.2, -0.15) is 0 Å². The van der Waals surface area contributed by atoms with Gasteiger partial charge >= 0.3 is 0 Å². The summed E-state index contributed by atoms with van der Waals surface area (Å²) in [6, 6.07) is 14.1. The lowest BCUT2D eigenvalue weighted by molar-refractivity contribution is -0.113. The van der Waals surface area contributed by atoms with E-state index in [0.29, 0.717) is 17.2 Å². The van der Waals surface area contributed by atoms with Crippen molar-refractivity contribution in [3.63, 3.8) is 0 Å². The molecule has 0 spiro atoms. The molecule has 4 nitrogen and oxygen atoms in total. The van der Waals surface area contributed by atoms with E-state index in [1.807, 2.05) is 26.0 Å². The zero-order chi connectivity index (χ0) is 20.4. The van der Waals surface area contributed by atoms with Crippen molar-refractivity contribution in [3.8, 4) is 5.75 Å². The number of hydrogen-bond acceptors (Lipinski definition) is 4. The first kappa shape index (κ1) is 23.0. The van der Waals surface area contributed by atoms with Gasteiger partial charge in [0.15, 0.2) is 12.4 Å². The fourth-order valence-electron chi connectivity index (χ4n) is 2.37. The van der Waals surface area contributed by atoms with Crippen molar-refractivity contribution in [3.05, 3.63) is 58.6 Å². The first-order valence-electron chi connectivity index (χ1n) is 9.05. The summed E-state index contributed by atoms with van der Waals surface area (Å²) in [4.78, 5) is 14.9. The van der Waals surface area contributed by atoms with Gasteiger partial charge in [0.1, 0.15) is 5.75 Å². The first-order chi connectivity index (χ1) is 12.8. The molecule has 5 heteroatoms. The fraction of sp³-hybridized carbons (Fsp3) is 0.409. The number of carbonyl (C=O) groups is 1. The van der Waals surface area contributed by atoms with Crippen LogP contribution in [0.3, 0.4) is 0 Å². The van der Waals surface area contributed by atoms with Crippen LogP contribution in [0.4, 0.5) is 5.69 Å². The smallest absolute Gasteiger partial charge is 0.160 e. The maximum Gasteiger partial charge on any atom is 0.160 e. The second-order valence-corrected chi connectivity index (χ2v) is 7.34. The second-order valence-electron chi connectivity index (χ2n) is 6.94. The van der Waals surface area contributed by atoms with Gasteiger partial charge in [-0.25, -0.2) is 0 Å². The molecule has 0 bridgehead atoms. The highest BCUT2D eigenvalue weighted by Crippen LogP contribution is 2.26. The van der Waals surface area contributed by atoms with Gasteiger partial charge < -0.3 is 14.5 Å². The third-order valence-corrected chi connectivity index (χ3v) is 4.14. The van der Waals surface area contributed by atoms with Crippen LogP contribution in [0.25, 0.3) is 0 Å². The summed E-state index contributed by atoms with van der Waals surface area (Å²) in [6.45, 7) is 4.84. The van der Waals surface area contributed by atoms with Gasteiger partial charge in [-0.05, 0) is 62.8 Å². The molecule has 0 fully saturated rings. The average molecular weight is 391 g/mol. The quantitative estimate of drug-likeness (QED) is 0.634. The SMILES string of the molecule is CCC(C=O)Oc1ccc(C)cc1Cl.CN(C)Cc1cccc(N(C)C)c1. The van der Waals surface area contributed by atoms with Gasteiger partial charge in [-0.15, -0.1) is 0 Å². The monoisotopic (exact) mass is 390 g/mol. The summed E-state index contributed by atoms with van der Waals surface area (Å²) in [6.07, 6.45) is 1.03. The van der Waals surface area contributed by atoms with Crippen LogP contribution in [0.1, 0.15) is 24.5 Å². The Morgan fingerprint density at radius 2 is 1.81 bits per heavy atom. The summed E-state index contributed by atoms with van der Waals surface area (Å²) in [5, 5.41) is 0.547. The van der Waals surface area contributed by atoms with Gasteiger partial charge in [-0.3, -0.25) is 4.79 Å². The predicted octanol–water partition coefficient (Wildman–Crippen LogP) is 4.82. The lowest BCUT2D eigenvalue weighted by Crippen LogP contribution is -2.16. The van der Waals surface area contributed by atoms with Gasteiger partial charge in [0.2, 0.25) is 0 Å². The molecule has 1 unspecified atom stereocenters. The van der Waals surface area contributed by atoms with E-state index in [-0.39, 0.29) is 0 Å². The van der Waals surface area contributed by atoms with Crippen LogP contribution in [0, 0.1) is 6.92 Å². The van der Waals surface area contributed by atoms with Crippen LogP contribution in [-0.2, 0) is 11.3 Å². The van der Waals surface area contributed by atoms with Crippen LogP contribution in [0.5, 0.6) is 5.75 Å². The second kappa shape index (κ2) is 11.6. The molecule has 0 amide bonds. The van der Waals surface area contributed by atoms with Gasteiger partial charge in [0.05, 0.1) is 5.02 Å². The number of ether oxygens (including phenoxy) is 1. The van der Waals surface area contributed by atoms with Crippen molar-refractivity contribution in [2.24, 2.45) is 0 Å². The van der Waals surface area contributed by atoms with E-state index in [2.05, 4.69) is 62.3 Å². The topological polar surface area (TPSA) is 32.8 Å². The number of aldehydes is 1. The Hall–Kier alpha value is -2.04. The van der Waals surface area contributed by atoms with E-state index in [4.69, 9.17) is 16.3 Å². The van der Waals surface area contributed by atoms with Crippen LogP contribution in [-0.4, -0.2) is 45.5 Å². The minimum Gasteiger partial charge on any atom is -0.481 e. The van der Waals surface area contributed by atoms with Crippen LogP contribution >= 0.6 is 11.6 Å². The molecule has 2 aromatic rings. The van der Waals surface area contributed by atoms with E-state index in [1.54, 1.807) is 6.07 Å². The molecular weight excluding hydrogens is 360 g/mol. The summed E-state index contributed by atoms with van der Waals surface area (Å²) in [5.41, 5.74) is 3.69. The van der Waals surface area contributed by atoms with Crippen LogP contribution < -0.4 is 9.64 Å². The van der Waals surface area contributed by atoms with Crippen molar-refractivity contribution in [2.75, 3.05) is 33.1 Å². The van der Waals surface area contributed by atoms with Crippen molar-refractivity contribution >= 4 is 23.6 Å². The molecule has 148 valence electrons. The Kier molecular flexibility index (Phi) is 9.90. The predicted molar refractivity (Wildman–Crippen MR) is 115 cm³/mol. The van der Waals surface area contributed by atoms with Crippen molar-refractivity contribution < 1.29 is 9.53 Å². The molecule has 0 aliphatic carbocycles. The third kappa shape index (κ3) is 8.46. The van der Waals surface area contributed by atoms with E-state index < -0.39 is 6.10 Å². The molecule has 0 heterocycles. The summed E-state index contributed by atoms with van der Waals surface area (Å²) in [7, 11) is 8.30. The number of rotatable bonds is 7. The Morgan fingerprint density at radius 3 is 2.33 bits per heavy atom. The number of halogens is 1. The normalized spacial score (nSPS) is 11.4. The average Bonchev–Trinajstić information content (AvgIpc) is 2.61. The molecule has 27 heavy (non-hydrogen) atoms. The highest BCUT2D eigenvalue weighted by molar-refractivity contribution is 6.32. The number of hydrogen-bond donors (Lipinski definition) is 0. The van der Waals surface area contributed by atoms with E-state index in [0.717, 1.165) is 18.4 Å². The number of benzene rings is 2. The lowest BCUT2D eigenvalue weighted by atomic mass is 10.2. The highest BCUT2D eigenvalue weighted by atomic mass is 35.5. The molecule has 0 saturated carbocycles. The zero-order valence-corrected chi connectivity index (χ0v) is 18.0. The number of anilines is 1. The number of carbonyl (C=O) groups excluding carboxylic acids is 1. The molecular formula is C22H31ClN2O2. The Labute approximate surface area is 168 Å². The van der Waals surface area contributed by atoms with Crippen molar-refractivity contribution in [1.82, 2.24) is 4.90 Å². The summed E-state index contributed by atoms with van der Waals surface area (Å²) in [5.74, 6) is 0.566. The Bertz CT molecular complexity index is 717. The standard InChI is InChI=1S/C11H13ClO2.C11H18N2/c1-3-9(7-13)14-11-5-4-8(2)6-10(11)12;1-12(2)9-10-6-5-7-11(8-10)13(3)4/h4-7,9H,3H2,1-2H3;5-8H,9H2,1-4H3. The first-order valence-corrected chi connectivity index (χ1v) is 9.43. The summed E-state index contributed by atoms with van der Waals surface area (Å²) >= 11 is 5.95. The van der Waals surface area contributed by atoms with Crippen molar-refractivity contribution in [1.29, 1.82) is 0 Å². The molecule has 2 rings (SSSR count). The highest BCUT2D eigenvalue weighted by Gasteiger charge is 2.08. The maximum atomic E-state index is 10.6. The summed E-state index contributed by atoms with van der Waals surface area (Å²) < 4.78 is 5.40. The number of nitrogens with zero attached hydrogens (tertiary/aromatic N) is 2. The minimum absolute atomic E-state index is 0.407. The lowest BCUT2D eigenvalue weighted by Gasteiger charge is -2.15. The molecule has 0 aliphatic heterocycles. The molecule has 1 atom stereocenters. The van der Waals surface area contributed by atoms with Crippen LogP contribution in [0.2, 0.25) is 5.02 Å². The Morgan fingerprint density at radius 1 is 1.11 bits per heavy atom. The molecule has 0 saturated heterocycles. The minimum atomic E-state index is -0.407. The van der Waals surface area contributed by atoms with E-state index >= 15 is 0 Å². The zero-order valence-electron chi connectivity index (χ0n) is 17.2. The van der Waals surface area contributed by atoms with Gasteiger partial charge in [-0.1, -0.05) is 36.7 Å². The molecule has 0 aromatic heterocycles. The van der Waals surface area contributed by atoms with Gasteiger partial charge in [0, 0.05) is 26.3 Å². The van der Waals surface area contributed by atoms with E-state index in [1.165, 1.54) is 11.3 Å². The maximum absolute atomic E-state index is 10.6.